The highest BCUT2D eigenvalue weighted by atomic mass is 35.5. The van der Waals surface area contributed by atoms with E-state index in [4.69, 9.17) is 11.6 Å². The Kier molecular flexibility index (Phi) is 7.65. The van der Waals surface area contributed by atoms with Gasteiger partial charge in [0.1, 0.15) is 5.82 Å². The fourth-order valence-corrected chi connectivity index (χ4v) is 3.55. The summed E-state index contributed by atoms with van der Waals surface area (Å²) >= 11 is 5.93. The van der Waals surface area contributed by atoms with Gasteiger partial charge in [-0.05, 0) is 61.9 Å². The number of piperazine rings is 1. The molecule has 1 aliphatic rings. The second kappa shape index (κ2) is 10.4. The van der Waals surface area contributed by atoms with Crippen LogP contribution in [0.4, 0.5) is 15.8 Å². The van der Waals surface area contributed by atoms with Crippen molar-refractivity contribution in [3.63, 3.8) is 0 Å². The van der Waals surface area contributed by atoms with E-state index in [2.05, 4.69) is 20.4 Å². The quantitative estimate of drug-likeness (QED) is 0.544. The number of anilines is 2. The molecule has 0 atom stereocenters. The number of nitrogens with zero attached hydrogens (tertiary/aromatic N) is 2. The second-order valence-electron chi connectivity index (χ2n) is 7.33. The summed E-state index contributed by atoms with van der Waals surface area (Å²) in [6.45, 7) is 6.66. The van der Waals surface area contributed by atoms with Crippen molar-refractivity contribution >= 4 is 34.8 Å². The zero-order valence-electron chi connectivity index (χ0n) is 17.0. The van der Waals surface area contributed by atoms with E-state index in [9.17, 15) is 14.0 Å². The van der Waals surface area contributed by atoms with E-state index in [0.717, 1.165) is 50.4 Å². The Morgan fingerprint density at radius 3 is 2.43 bits per heavy atom. The Labute approximate surface area is 181 Å². The van der Waals surface area contributed by atoms with Crippen LogP contribution in [0.3, 0.4) is 0 Å². The summed E-state index contributed by atoms with van der Waals surface area (Å²) in [4.78, 5) is 28.6. The minimum absolute atomic E-state index is 0.226. The predicted molar refractivity (Wildman–Crippen MR) is 117 cm³/mol. The third kappa shape index (κ3) is 6.18. The van der Waals surface area contributed by atoms with Crippen molar-refractivity contribution in [1.29, 1.82) is 0 Å². The van der Waals surface area contributed by atoms with Crippen LogP contribution in [0.2, 0.25) is 5.02 Å². The van der Waals surface area contributed by atoms with Crippen LogP contribution in [0.25, 0.3) is 0 Å². The van der Waals surface area contributed by atoms with Gasteiger partial charge in [0.05, 0.1) is 0 Å². The SMILES string of the molecule is Cc1ccc(Cl)cc1NC(=O)C(=O)NCCCN1CCN(c2ccc(F)cc2)CC1. The number of aryl methyl sites for hydroxylation is 1. The normalized spacial score (nSPS) is 14.4. The monoisotopic (exact) mass is 432 g/mol. The van der Waals surface area contributed by atoms with Gasteiger partial charge in [0, 0.05) is 49.1 Å². The van der Waals surface area contributed by atoms with Gasteiger partial charge in [0.25, 0.3) is 0 Å². The first kappa shape index (κ1) is 22.1. The molecule has 0 unspecified atom stereocenters. The van der Waals surface area contributed by atoms with Gasteiger partial charge in [-0.2, -0.15) is 0 Å². The van der Waals surface area contributed by atoms with Crippen molar-refractivity contribution < 1.29 is 14.0 Å². The van der Waals surface area contributed by atoms with Crippen LogP contribution in [0, 0.1) is 12.7 Å². The summed E-state index contributed by atoms with van der Waals surface area (Å²) in [7, 11) is 0. The van der Waals surface area contributed by atoms with Crippen molar-refractivity contribution in [2.75, 3.05) is 49.5 Å². The van der Waals surface area contributed by atoms with Crippen LogP contribution in [0.15, 0.2) is 42.5 Å². The van der Waals surface area contributed by atoms with Gasteiger partial charge in [0.2, 0.25) is 0 Å². The summed E-state index contributed by atoms with van der Waals surface area (Å²) < 4.78 is 13.1. The summed E-state index contributed by atoms with van der Waals surface area (Å²) in [5.74, 6) is -1.58. The van der Waals surface area contributed by atoms with E-state index in [1.165, 1.54) is 12.1 Å². The second-order valence-corrected chi connectivity index (χ2v) is 7.76. The van der Waals surface area contributed by atoms with Crippen molar-refractivity contribution in [3.05, 3.63) is 58.9 Å². The molecule has 30 heavy (non-hydrogen) atoms. The van der Waals surface area contributed by atoms with E-state index in [1.807, 2.05) is 6.92 Å². The van der Waals surface area contributed by atoms with Gasteiger partial charge >= 0.3 is 11.8 Å². The Balaban J connectivity index is 1.34. The molecule has 160 valence electrons. The molecule has 2 amide bonds. The average Bonchev–Trinajstić information content (AvgIpc) is 2.74. The van der Waals surface area contributed by atoms with Crippen molar-refractivity contribution in [2.24, 2.45) is 0 Å². The third-order valence-electron chi connectivity index (χ3n) is 5.15. The lowest BCUT2D eigenvalue weighted by atomic mass is 10.2. The van der Waals surface area contributed by atoms with Gasteiger partial charge in [-0.15, -0.1) is 0 Å². The van der Waals surface area contributed by atoms with Crippen LogP contribution in [-0.4, -0.2) is 56.0 Å². The first-order valence-corrected chi connectivity index (χ1v) is 10.4. The van der Waals surface area contributed by atoms with E-state index < -0.39 is 11.8 Å². The number of carbonyl (C=O) groups excluding carboxylic acids is 2. The van der Waals surface area contributed by atoms with Crippen LogP contribution in [-0.2, 0) is 9.59 Å². The largest absolute Gasteiger partial charge is 0.369 e. The maximum Gasteiger partial charge on any atom is 0.313 e. The number of halogens is 2. The summed E-state index contributed by atoms with van der Waals surface area (Å²) in [6, 6.07) is 11.7. The molecule has 1 fully saturated rings. The molecule has 2 aromatic carbocycles. The third-order valence-corrected chi connectivity index (χ3v) is 5.39. The molecular weight excluding hydrogens is 407 g/mol. The first-order valence-electron chi connectivity index (χ1n) is 10.0. The Morgan fingerprint density at radius 2 is 1.73 bits per heavy atom. The highest BCUT2D eigenvalue weighted by molar-refractivity contribution is 6.40. The summed E-state index contributed by atoms with van der Waals surface area (Å²) in [5.41, 5.74) is 2.39. The molecule has 2 aromatic rings. The number of benzene rings is 2. The first-order chi connectivity index (χ1) is 14.4. The Hall–Kier alpha value is -2.64. The van der Waals surface area contributed by atoms with Crippen LogP contribution in [0.5, 0.6) is 0 Å². The van der Waals surface area contributed by atoms with Crippen molar-refractivity contribution in [1.82, 2.24) is 10.2 Å². The van der Waals surface area contributed by atoms with Gasteiger partial charge < -0.3 is 15.5 Å². The highest BCUT2D eigenvalue weighted by Crippen LogP contribution is 2.20. The molecule has 6 nitrogen and oxygen atoms in total. The van der Waals surface area contributed by atoms with Gasteiger partial charge in [-0.1, -0.05) is 17.7 Å². The lowest BCUT2D eigenvalue weighted by Crippen LogP contribution is -2.47. The average molecular weight is 433 g/mol. The summed E-state index contributed by atoms with van der Waals surface area (Å²) in [6.07, 6.45) is 0.756. The Morgan fingerprint density at radius 1 is 1.03 bits per heavy atom. The van der Waals surface area contributed by atoms with Crippen LogP contribution in [0.1, 0.15) is 12.0 Å². The predicted octanol–water partition coefficient (Wildman–Crippen LogP) is 3.05. The molecule has 0 radical (unpaired) electrons. The topological polar surface area (TPSA) is 64.7 Å². The summed E-state index contributed by atoms with van der Waals surface area (Å²) in [5, 5.41) is 5.75. The zero-order chi connectivity index (χ0) is 21.5. The number of nitrogens with one attached hydrogen (secondary N) is 2. The lowest BCUT2D eigenvalue weighted by molar-refractivity contribution is -0.136. The van der Waals surface area contributed by atoms with Gasteiger partial charge in [-0.25, -0.2) is 4.39 Å². The molecule has 0 spiro atoms. The van der Waals surface area contributed by atoms with E-state index in [1.54, 1.807) is 30.3 Å². The minimum atomic E-state index is -0.701. The number of hydrogen-bond donors (Lipinski definition) is 2. The Bertz CT molecular complexity index is 883. The van der Waals surface area contributed by atoms with Gasteiger partial charge in [0.15, 0.2) is 0 Å². The van der Waals surface area contributed by atoms with E-state index in [0.29, 0.717) is 17.3 Å². The molecule has 0 aromatic heterocycles. The fourth-order valence-electron chi connectivity index (χ4n) is 3.37. The highest BCUT2D eigenvalue weighted by Gasteiger charge is 2.18. The zero-order valence-corrected chi connectivity index (χ0v) is 17.7. The fraction of sp³-hybridized carbons (Fsp3) is 0.364. The standard InChI is InChI=1S/C22H26ClFN4O2/c1-16-3-4-17(23)15-20(16)26-22(30)21(29)25-9-2-10-27-11-13-28(14-12-27)19-7-5-18(24)6-8-19/h3-8,15H,2,9-14H2,1H3,(H,25,29)(H,26,30). The molecule has 1 aliphatic heterocycles. The maximum atomic E-state index is 13.1. The maximum absolute atomic E-state index is 13.1. The van der Waals surface area contributed by atoms with Crippen molar-refractivity contribution in [2.45, 2.75) is 13.3 Å². The van der Waals surface area contributed by atoms with Crippen LogP contribution < -0.4 is 15.5 Å². The van der Waals surface area contributed by atoms with Crippen LogP contribution >= 0.6 is 11.6 Å². The molecule has 1 heterocycles. The number of rotatable bonds is 6. The van der Waals surface area contributed by atoms with E-state index >= 15 is 0 Å². The van der Waals surface area contributed by atoms with Gasteiger partial charge in [-0.3, -0.25) is 14.5 Å². The molecule has 0 saturated carbocycles. The molecule has 8 heteroatoms. The number of hydrogen-bond acceptors (Lipinski definition) is 4. The molecule has 2 N–H and O–H groups in total. The number of amides is 2. The lowest BCUT2D eigenvalue weighted by Gasteiger charge is -2.36. The molecule has 3 rings (SSSR count). The minimum Gasteiger partial charge on any atom is -0.369 e. The number of carbonyl (C=O) groups is 2. The molecule has 0 bridgehead atoms. The molecular formula is C22H26ClFN4O2. The van der Waals surface area contributed by atoms with Crippen molar-refractivity contribution in [3.8, 4) is 0 Å². The smallest absolute Gasteiger partial charge is 0.313 e. The molecule has 1 saturated heterocycles. The van der Waals surface area contributed by atoms with E-state index in [-0.39, 0.29) is 5.82 Å². The molecule has 0 aliphatic carbocycles.